The number of halogens is 1. The molecule has 1 aromatic carbocycles. The van der Waals surface area contributed by atoms with E-state index in [0.29, 0.717) is 54.1 Å². The fraction of sp³-hybridized carbons (Fsp3) is 0.292. The first kappa shape index (κ1) is 23.0. The molecule has 0 spiro atoms. The highest BCUT2D eigenvalue weighted by Crippen LogP contribution is 2.38. The van der Waals surface area contributed by atoms with Gasteiger partial charge in [0.2, 0.25) is 5.95 Å². The number of amides is 2. The number of hydrogen-bond acceptors (Lipinski definition) is 7. The number of likely N-dealkylation sites (N-methyl/N-ethyl adjacent to an activating group) is 1. The molecule has 2 aromatic heterocycles. The number of rotatable bonds is 4. The molecule has 0 unspecified atom stereocenters. The van der Waals surface area contributed by atoms with Gasteiger partial charge in [-0.25, -0.2) is 14.5 Å². The molecule has 9 nitrogen and oxygen atoms in total. The number of nitrogens with zero attached hydrogens (tertiary/aromatic N) is 3. The Bertz CT molecular complexity index is 1490. The highest BCUT2D eigenvalue weighted by Gasteiger charge is 2.33. The second-order valence-corrected chi connectivity index (χ2v) is 10.3. The first-order valence-corrected chi connectivity index (χ1v) is 12.6. The maximum atomic E-state index is 13.8. The number of hydrogen-bond donors (Lipinski definition) is 2. The Labute approximate surface area is 201 Å². The minimum absolute atomic E-state index is 0.0815. The molecule has 2 aliphatic rings. The molecule has 0 saturated carbocycles. The molecule has 180 valence electrons. The Morgan fingerprint density at radius 2 is 2.06 bits per heavy atom. The van der Waals surface area contributed by atoms with Crippen molar-refractivity contribution in [1.82, 2.24) is 14.6 Å². The third-order valence-corrected chi connectivity index (χ3v) is 7.59. The molecule has 5 rings (SSSR count). The van der Waals surface area contributed by atoms with E-state index in [9.17, 15) is 22.9 Å². The second-order valence-electron chi connectivity index (χ2n) is 8.67. The molecule has 0 saturated heterocycles. The number of nitriles is 1. The Kier molecular flexibility index (Phi) is 5.78. The van der Waals surface area contributed by atoms with Crippen molar-refractivity contribution in [2.45, 2.75) is 37.3 Å². The molecule has 0 fully saturated rings. The van der Waals surface area contributed by atoms with E-state index >= 15 is 0 Å². The minimum atomic E-state index is -4.47. The highest BCUT2D eigenvalue weighted by atomic mass is 32.2. The van der Waals surface area contributed by atoms with E-state index in [2.05, 4.69) is 10.3 Å². The number of benzene rings is 1. The Morgan fingerprint density at radius 3 is 2.83 bits per heavy atom. The van der Waals surface area contributed by atoms with Crippen LogP contribution in [-0.4, -0.2) is 37.9 Å². The van der Waals surface area contributed by atoms with Gasteiger partial charge in [-0.1, -0.05) is 12.1 Å². The van der Waals surface area contributed by atoms with Crippen LogP contribution in [0.4, 0.5) is 14.9 Å². The van der Waals surface area contributed by atoms with E-state index in [0.717, 1.165) is 24.0 Å². The third-order valence-electron chi connectivity index (χ3n) is 6.36. The predicted octanol–water partition coefficient (Wildman–Crippen LogP) is 3.34. The molecule has 0 radical (unpaired) electrons. The minimum Gasteiger partial charge on any atom is -0.445 e. The summed E-state index contributed by atoms with van der Waals surface area (Å²) in [6.07, 6.45) is 4.20. The fourth-order valence-corrected chi connectivity index (χ4v) is 5.77. The van der Waals surface area contributed by atoms with E-state index in [-0.39, 0.29) is 5.56 Å². The zero-order valence-corrected chi connectivity index (χ0v) is 19.7. The fourth-order valence-electron chi connectivity index (χ4n) is 4.74. The lowest BCUT2D eigenvalue weighted by Crippen LogP contribution is -2.35. The van der Waals surface area contributed by atoms with Gasteiger partial charge in [-0.3, -0.25) is 4.90 Å². The van der Waals surface area contributed by atoms with Gasteiger partial charge in [0.05, 0.1) is 12.2 Å². The maximum Gasteiger partial charge on any atom is 0.333 e. The van der Waals surface area contributed by atoms with Crippen molar-refractivity contribution in [2.24, 2.45) is 0 Å². The topological polar surface area (TPSA) is 128 Å². The van der Waals surface area contributed by atoms with Crippen molar-refractivity contribution in [3.8, 4) is 17.2 Å². The van der Waals surface area contributed by atoms with Gasteiger partial charge >= 0.3 is 6.03 Å². The second kappa shape index (κ2) is 8.79. The number of anilines is 1. The molecule has 0 bridgehead atoms. The van der Waals surface area contributed by atoms with Gasteiger partial charge in [-0.15, -0.1) is 0 Å². The van der Waals surface area contributed by atoms with Crippen molar-refractivity contribution in [2.75, 3.05) is 18.9 Å². The molecular weight excluding hydrogens is 473 g/mol. The first-order chi connectivity index (χ1) is 16.8. The number of carbonyl (C=O) groups is 1. The summed E-state index contributed by atoms with van der Waals surface area (Å²) in [5.41, 5.74) is 3.85. The van der Waals surface area contributed by atoms with Gasteiger partial charge in [-0.05, 0) is 55.5 Å². The number of sulfonamides is 1. The van der Waals surface area contributed by atoms with Gasteiger partial charge in [0.25, 0.3) is 15.1 Å². The number of aryl methyl sites for hydroxylation is 1. The monoisotopic (exact) mass is 495 g/mol. The van der Waals surface area contributed by atoms with Gasteiger partial charge in [0.1, 0.15) is 17.4 Å². The number of pyridine rings is 1. The van der Waals surface area contributed by atoms with Gasteiger partial charge in [0, 0.05) is 29.9 Å². The summed E-state index contributed by atoms with van der Waals surface area (Å²) in [7, 11) is -2.61. The average molecular weight is 496 g/mol. The molecule has 0 atom stereocenters. The van der Waals surface area contributed by atoms with Crippen molar-refractivity contribution < 1.29 is 22.0 Å². The number of urea groups is 1. The summed E-state index contributed by atoms with van der Waals surface area (Å²) < 4.78 is 47.4. The van der Waals surface area contributed by atoms with Crippen LogP contribution in [0, 0.1) is 17.3 Å². The van der Waals surface area contributed by atoms with Crippen LogP contribution in [0.2, 0.25) is 0 Å². The summed E-state index contributed by atoms with van der Waals surface area (Å²) in [6.45, 7) is 1.03. The Balaban J connectivity index is 1.47. The number of nitrogens with one attached hydrogen (secondary N) is 2. The standard InChI is InChI=1S/C24H22FN5O4S/c1-30-10-8-18-19(12-26)23(34-20(18)13-30)35(32,33)29-24(31)28-22-16-4-2-3-14(16)5-6-17(22)15-7-9-27-21(25)11-15/h5-7,9,11H,2-4,8,10,13H2,1H3,(H2,28,29,31). The summed E-state index contributed by atoms with van der Waals surface area (Å²) >= 11 is 0. The normalized spacial score (nSPS) is 15.2. The summed E-state index contributed by atoms with van der Waals surface area (Å²) in [5, 5.41) is 11.7. The van der Waals surface area contributed by atoms with Crippen LogP contribution in [0.25, 0.3) is 11.1 Å². The molecule has 11 heteroatoms. The highest BCUT2D eigenvalue weighted by molar-refractivity contribution is 7.90. The van der Waals surface area contributed by atoms with Crippen LogP contribution in [0.15, 0.2) is 40.0 Å². The summed E-state index contributed by atoms with van der Waals surface area (Å²) in [5.74, 6) is -0.267. The Morgan fingerprint density at radius 1 is 1.23 bits per heavy atom. The van der Waals surface area contributed by atoms with Crippen LogP contribution in [-0.2, 0) is 35.8 Å². The largest absolute Gasteiger partial charge is 0.445 e. The molecule has 1 aliphatic heterocycles. The van der Waals surface area contributed by atoms with Crippen LogP contribution in [0.1, 0.15) is 34.4 Å². The van der Waals surface area contributed by atoms with Crippen molar-refractivity contribution in [3.05, 3.63) is 64.4 Å². The van der Waals surface area contributed by atoms with Gasteiger partial charge in [-0.2, -0.15) is 18.1 Å². The van der Waals surface area contributed by atoms with Crippen LogP contribution >= 0.6 is 0 Å². The number of carbonyl (C=O) groups excluding carboxylic acids is 1. The van der Waals surface area contributed by atoms with E-state index in [1.807, 2.05) is 28.8 Å². The van der Waals surface area contributed by atoms with E-state index in [1.54, 1.807) is 12.1 Å². The molecule has 2 amide bonds. The maximum absolute atomic E-state index is 13.8. The molecule has 3 aromatic rings. The predicted molar refractivity (Wildman–Crippen MR) is 124 cm³/mol. The lowest BCUT2D eigenvalue weighted by Gasteiger charge is -2.20. The lowest BCUT2D eigenvalue weighted by atomic mass is 9.98. The number of aromatic nitrogens is 1. The van der Waals surface area contributed by atoms with E-state index in [4.69, 9.17) is 4.42 Å². The third kappa shape index (κ3) is 4.26. The van der Waals surface area contributed by atoms with Crippen LogP contribution < -0.4 is 10.0 Å². The van der Waals surface area contributed by atoms with E-state index < -0.39 is 27.1 Å². The van der Waals surface area contributed by atoms with Crippen molar-refractivity contribution in [1.29, 1.82) is 5.26 Å². The number of fused-ring (bicyclic) bond motifs is 2. The summed E-state index contributed by atoms with van der Waals surface area (Å²) in [6, 6.07) is 7.48. The van der Waals surface area contributed by atoms with Crippen LogP contribution in [0.3, 0.4) is 0 Å². The molecule has 3 heterocycles. The van der Waals surface area contributed by atoms with Gasteiger partial charge in [0.15, 0.2) is 0 Å². The molecule has 35 heavy (non-hydrogen) atoms. The smallest absolute Gasteiger partial charge is 0.333 e. The first-order valence-electron chi connectivity index (χ1n) is 11.1. The summed E-state index contributed by atoms with van der Waals surface area (Å²) in [4.78, 5) is 18.4. The lowest BCUT2D eigenvalue weighted by molar-refractivity contribution is 0.255. The van der Waals surface area contributed by atoms with E-state index in [1.165, 1.54) is 12.3 Å². The Hall–Kier alpha value is -3.75. The SMILES string of the molecule is CN1CCc2c(oc(S(=O)(=O)NC(=O)Nc3c(-c4ccnc(F)c4)ccc4c3CCC4)c2C#N)C1. The number of furan rings is 1. The molecular formula is C24H22FN5O4S. The van der Waals surface area contributed by atoms with Crippen molar-refractivity contribution >= 4 is 21.7 Å². The van der Waals surface area contributed by atoms with Crippen molar-refractivity contribution in [3.63, 3.8) is 0 Å². The average Bonchev–Trinajstić information content (AvgIpc) is 3.43. The molecule has 2 N–H and O–H groups in total. The zero-order chi connectivity index (χ0) is 24.7. The molecule has 1 aliphatic carbocycles. The van der Waals surface area contributed by atoms with Crippen LogP contribution in [0.5, 0.6) is 0 Å². The quantitative estimate of drug-likeness (QED) is 0.531. The zero-order valence-electron chi connectivity index (χ0n) is 18.9. The van der Waals surface area contributed by atoms with Gasteiger partial charge < -0.3 is 9.73 Å².